The number of non-ortho nitro benzene ring substituents is 1. The number of rotatable bonds is 3. The summed E-state index contributed by atoms with van der Waals surface area (Å²) < 4.78 is 6.18. The van der Waals surface area contributed by atoms with Crippen molar-refractivity contribution in [3.63, 3.8) is 0 Å². The van der Waals surface area contributed by atoms with Gasteiger partial charge in [0, 0.05) is 35.4 Å². The second-order valence-electron chi connectivity index (χ2n) is 9.20. The van der Waals surface area contributed by atoms with E-state index >= 15 is 0 Å². The van der Waals surface area contributed by atoms with Crippen LogP contribution in [0.3, 0.4) is 0 Å². The number of furan rings is 1. The minimum absolute atomic E-state index is 0.0744. The van der Waals surface area contributed by atoms with Crippen LogP contribution in [0.4, 0.5) is 17.1 Å². The van der Waals surface area contributed by atoms with E-state index in [9.17, 15) is 14.9 Å². The Balaban J connectivity index is 1.59. The van der Waals surface area contributed by atoms with Crippen molar-refractivity contribution in [2.75, 3.05) is 10.6 Å². The van der Waals surface area contributed by atoms with Gasteiger partial charge in [-0.25, -0.2) is 0 Å². The van der Waals surface area contributed by atoms with Crippen molar-refractivity contribution < 1.29 is 14.1 Å². The molecule has 7 nitrogen and oxygen atoms in total. The molecular formula is C25H22ClN3O4. The van der Waals surface area contributed by atoms with Gasteiger partial charge in [-0.15, -0.1) is 0 Å². The van der Waals surface area contributed by atoms with E-state index in [0.717, 1.165) is 23.5 Å². The highest BCUT2D eigenvalue weighted by atomic mass is 35.5. The Bertz CT molecular complexity index is 1320. The van der Waals surface area contributed by atoms with Crippen molar-refractivity contribution in [3.05, 3.63) is 86.8 Å². The highest BCUT2D eigenvalue weighted by Gasteiger charge is 2.39. The minimum atomic E-state index is -0.493. The number of nitrogens with zero attached hydrogens (tertiary/aromatic N) is 1. The summed E-state index contributed by atoms with van der Waals surface area (Å²) in [5.41, 5.74) is 3.65. The summed E-state index contributed by atoms with van der Waals surface area (Å²) in [7, 11) is 0. The largest absolute Gasteiger partial charge is 0.458 e. The summed E-state index contributed by atoms with van der Waals surface area (Å²) in [6.45, 7) is 4.19. The van der Waals surface area contributed by atoms with Gasteiger partial charge in [0.1, 0.15) is 17.6 Å². The fraction of sp³-hybridized carbons (Fsp3) is 0.240. The van der Waals surface area contributed by atoms with E-state index in [4.69, 9.17) is 16.0 Å². The number of fused-ring (bicyclic) bond motifs is 1. The predicted molar refractivity (Wildman–Crippen MR) is 127 cm³/mol. The smallest absolute Gasteiger partial charge is 0.270 e. The summed E-state index contributed by atoms with van der Waals surface area (Å²) in [6, 6.07) is 15.2. The van der Waals surface area contributed by atoms with Crippen molar-refractivity contribution in [1.29, 1.82) is 0 Å². The molecule has 1 unspecified atom stereocenters. The number of Topliss-reactive ketones (excluding diaryl/α,β-unsaturated/α-hetero) is 1. The lowest BCUT2D eigenvalue weighted by Crippen LogP contribution is -2.31. The highest BCUT2D eigenvalue weighted by molar-refractivity contribution is 6.33. The number of nitrogens with one attached hydrogen (secondary N) is 2. The number of para-hydroxylation sites is 2. The van der Waals surface area contributed by atoms with Gasteiger partial charge in [-0.3, -0.25) is 14.9 Å². The Labute approximate surface area is 195 Å². The zero-order chi connectivity index (χ0) is 23.3. The zero-order valence-corrected chi connectivity index (χ0v) is 18.9. The standard InChI is InChI=1S/C25H22ClN3O4/c1-25(2)12-19-23(20(30)13-25)24(28-18-6-4-3-5-17(18)27-19)22-10-9-21(33-22)15-8-7-14(29(31)32)11-16(15)26/h3-11,24,27-28H,12-13H2,1-2H3. The Hall–Kier alpha value is -3.58. The molecule has 3 aromatic rings. The van der Waals surface area contributed by atoms with Crippen molar-refractivity contribution in [2.24, 2.45) is 5.41 Å². The molecule has 168 valence electrons. The predicted octanol–water partition coefficient (Wildman–Crippen LogP) is 6.73. The average molecular weight is 464 g/mol. The molecule has 2 heterocycles. The number of nitro groups is 1. The van der Waals surface area contributed by atoms with E-state index in [0.29, 0.717) is 29.1 Å². The van der Waals surface area contributed by atoms with E-state index < -0.39 is 11.0 Å². The normalized spacial score (nSPS) is 19.1. The van der Waals surface area contributed by atoms with E-state index in [1.165, 1.54) is 12.1 Å². The van der Waals surface area contributed by atoms with Crippen LogP contribution in [0, 0.1) is 15.5 Å². The van der Waals surface area contributed by atoms with Crippen molar-refractivity contribution in [3.8, 4) is 11.3 Å². The van der Waals surface area contributed by atoms with E-state index in [1.54, 1.807) is 12.1 Å². The minimum Gasteiger partial charge on any atom is -0.458 e. The molecule has 2 aliphatic rings. The third kappa shape index (κ3) is 3.89. The maximum Gasteiger partial charge on any atom is 0.270 e. The number of carbonyl (C=O) groups is 1. The van der Waals surface area contributed by atoms with Crippen LogP contribution in [0.2, 0.25) is 5.02 Å². The number of hydrogen-bond donors (Lipinski definition) is 2. The molecular weight excluding hydrogens is 442 g/mol. The fourth-order valence-corrected chi connectivity index (χ4v) is 4.84. The van der Waals surface area contributed by atoms with Crippen molar-refractivity contribution >= 4 is 34.4 Å². The second-order valence-corrected chi connectivity index (χ2v) is 9.61. The summed E-state index contributed by atoms with van der Waals surface area (Å²) in [5.74, 6) is 1.12. The SMILES string of the molecule is CC1(C)CC(=O)C2=C(C1)Nc1ccccc1NC2c1ccc(-c2ccc([N+](=O)[O-])cc2Cl)o1. The van der Waals surface area contributed by atoms with E-state index in [2.05, 4.69) is 24.5 Å². The highest BCUT2D eigenvalue weighted by Crippen LogP contribution is 2.46. The molecule has 1 atom stereocenters. The number of halogens is 1. The van der Waals surface area contributed by atoms with Gasteiger partial charge in [-0.2, -0.15) is 0 Å². The first-order valence-electron chi connectivity index (χ1n) is 10.6. The van der Waals surface area contributed by atoms with Crippen LogP contribution < -0.4 is 10.6 Å². The number of hydrogen-bond acceptors (Lipinski definition) is 6. The molecule has 0 fully saturated rings. The fourth-order valence-electron chi connectivity index (χ4n) is 4.57. The first-order valence-corrected chi connectivity index (χ1v) is 11.0. The van der Waals surface area contributed by atoms with E-state index in [-0.39, 0.29) is 21.9 Å². The first kappa shape index (κ1) is 21.3. The summed E-state index contributed by atoms with van der Waals surface area (Å²) in [6.07, 6.45) is 1.19. The molecule has 0 saturated carbocycles. The lowest BCUT2D eigenvalue weighted by molar-refractivity contribution is -0.384. The van der Waals surface area contributed by atoms with Gasteiger partial charge in [0.25, 0.3) is 5.69 Å². The maximum absolute atomic E-state index is 13.3. The number of nitro benzene ring substituents is 1. The van der Waals surface area contributed by atoms with Gasteiger partial charge < -0.3 is 15.1 Å². The molecule has 1 aromatic heterocycles. The molecule has 0 saturated heterocycles. The Morgan fingerprint density at radius 1 is 1.09 bits per heavy atom. The van der Waals surface area contributed by atoms with Crippen LogP contribution in [-0.4, -0.2) is 10.7 Å². The van der Waals surface area contributed by atoms with Gasteiger partial charge in [0.15, 0.2) is 5.78 Å². The van der Waals surface area contributed by atoms with Crippen LogP contribution in [-0.2, 0) is 4.79 Å². The number of carbonyl (C=O) groups excluding carboxylic acids is 1. The molecule has 0 radical (unpaired) electrons. The van der Waals surface area contributed by atoms with E-state index in [1.807, 2.05) is 30.3 Å². The van der Waals surface area contributed by atoms with Crippen LogP contribution in [0.25, 0.3) is 11.3 Å². The Kier molecular flexibility index (Phi) is 5.01. The maximum atomic E-state index is 13.3. The molecule has 5 rings (SSSR count). The Morgan fingerprint density at radius 3 is 2.58 bits per heavy atom. The number of anilines is 2. The lowest BCUT2D eigenvalue weighted by atomic mass is 9.74. The summed E-state index contributed by atoms with van der Waals surface area (Å²) >= 11 is 6.31. The van der Waals surface area contributed by atoms with Gasteiger partial charge in [-0.1, -0.05) is 37.6 Å². The molecule has 0 spiro atoms. The third-order valence-corrected chi connectivity index (χ3v) is 6.37. The molecule has 2 N–H and O–H groups in total. The molecule has 0 bridgehead atoms. The van der Waals surface area contributed by atoms with Crippen molar-refractivity contribution in [2.45, 2.75) is 32.7 Å². The molecule has 0 amide bonds. The Morgan fingerprint density at radius 2 is 1.85 bits per heavy atom. The van der Waals surface area contributed by atoms with Gasteiger partial charge in [-0.05, 0) is 42.2 Å². The van der Waals surface area contributed by atoms with Crippen LogP contribution in [0.5, 0.6) is 0 Å². The molecule has 1 aliphatic heterocycles. The lowest BCUT2D eigenvalue weighted by Gasteiger charge is -2.33. The first-order chi connectivity index (χ1) is 15.7. The van der Waals surface area contributed by atoms with Gasteiger partial charge in [0.2, 0.25) is 0 Å². The molecule has 1 aliphatic carbocycles. The molecule has 2 aromatic carbocycles. The number of ketones is 1. The van der Waals surface area contributed by atoms with Gasteiger partial charge >= 0.3 is 0 Å². The molecule has 8 heteroatoms. The second kappa shape index (κ2) is 7.78. The van der Waals surface area contributed by atoms with Gasteiger partial charge in [0.05, 0.1) is 21.3 Å². The monoisotopic (exact) mass is 463 g/mol. The van der Waals surface area contributed by atoms with Crippen LogP contribution in [0.1, 0.15) is 38.5 Å². The zero-order valence-electron chi connectivity index (χ0n) is 18.1. The summed E-state index contributed by atoms with van der Waals surface area (Å²) in [4.78, 5) is 23.8. The molecule has 33 heavy (non-hydrogen) atoms. The third-order valence-electron chi connectivity index (χ3n) is 6.06. The van der Waals surface area contributed by atoms with Crippen LogP contribution in [0.15, 0.2) is 70.3 Å². The topological polar surface area (TPSA) is 97.4 Å². The average Bonchev–Trinajstić information content (AvgIpc) is 3.16. The number of allylic oxidation sites excluding steroid dienone is 1. The quantitative estimate of drug-likeness (QED) is 0.330. The van der Waals surface area contributed by atoms with Crippen molar-refractivity contribution in [1.82, 2.24) is 0 Å². The summed E-state index contributed by atoms with van der Waals surface area (Å²) in [5, 5.41) is 18.2. The number of benzene rings is 2. The van der Waals surface area contributed by atoms with Crippen LogP contribution >= 0.6 is 11.6 Å².